The van der Waals surface area contributed by atoms with E-state index in [0.717, 1.165) is 19.4 Å². The Hall–Kier alpha value is -1.85. The van der Waals surface area contributed by atoms with Gasteiger partial charge in [-0.05, 0) is 19.8 Å². The number of hydrogen-bond acceptors (Lipinski definition) is 5. The number of aliphatic imine (C=N–C) groups is 1. The molecule has 6 heteroatoms. The standard InChI is InChI=1S/C10H14N4O2/c1-7-6-8(14-16-7)13-10(15)9-11-4-2-3-5-12-9/h6H,2-5H2,1H3,(H,11,12)(H,13,14,15). The van der Waals surface area contributed by atoms with Crippen molar-refractivity contribution in [2.45, 2.75) is 19.8 Å². The number of nitrogens with zero attached hydrogens (tertiary/aromatic N) is 2. The van der Waals surface area contributed by atoms with E-state index in [1.165, 1.54) is 0 Å². The molecular weight excluding hydrogens is 208 g/mol. The first-order chi connectivity index (χ1) is 7.75. The molecule has 1 aliphatic heterocycles. The molecule has 0 bridgehead atoms. The molecule has 16 heavy (non-hydrogen) atoms. The number of anilines is 1. The number of nitrogens with one attached hydrogen (secondary N) is 2. The van der Waals surface area contributed by atoms with Crippen LogP contribution in [-0.2, 0) is 4.79 Å². The number of rotatable bonds is 2. The van der Waals surface area contributed by atoms with E-state index >= 15 is 0 Å². The molecule has 1 aromatic heterocycles. The summed E-state index contributed by atoms with van der Waals surface area (Å²) in [6.07, 6.45) is 2.04. The summed E-state index contributed by atoms with van der Waals surface area (Å²) in [5.41, 5.74) is 0. The first kappa shape index (κ1) is 10.7. The van der Waals surface area contributed by atoms with Gasteiger partial charge in [0.05, 0.1) is 0 Å². The van der Waals surface area contributed by atoms with Crippen LogP contribution in [0, 0.1) is 6.92 Å². The van der Waals surface area contributed by atoms with Crippen molar-refractivity contribution in [3.05, 3.63) is 11.8 Å². The first-order valence-electron chi connectivity index (χ1n) is 5.29. The molecule has 0 spiro atoms. The molecule has 2 N–H and O–H groups in total. The summed E-state index contributed by atoms with van der Waals surface area (Å²) in [4.78, 5) is 15.9. The Morgan fingerprint density at radius 2 is 2.44 bits per heavy atom. The zero-order chi connectivity index (χ0) is 11.4. The SMILES string of the molecule is Cc1cc(NC(=O)C2=NCCCCN2)no1. The highest BCUT2D eigenvalue weighted by atomic mass is 16.5. The molecule has 0 aromatic carbocycles. The van der Waals surface area contributed by atoms with Crippen molar-refractivity contribution in [3.63, 3.8) is 0 Å². The highest BCUT2D eigenvalue weighted by molar-refractivity contribution is 6.42. The molecule has 1 amide bonds. The van der Waals surface area contributed by atoms with E-state index in [0.29, 0.717) is 24.0 Å². The summed E-state index contributed by atoms with van der Waals surface area (Å²) >= 11 is 0. The highest BCUT2D eigenvalue weighted by Crippen LogP contribution is 2.07. The van der Waals surface area contributed by atoms with E-state index in [4.69, 9.17) is 4.52 Å². The van der Waals surface area contributed by atoms with Crippen molar-refractivity contribution in [2.75, 3.05) is 18.4 Å². The van der Waals surface area contributed by atoms with Crippen molar-refractivity contribution in [1.29, 1.82) is 0 Å². The Bertz CT molecular complexity index is 411. The summed E-state index contributed by atoms with van der Waals surface area (Å²) in [6, 6.07) is 1.66. The topological polar surface area (TPSA) is 79.5 Å². The predicted octanol–water partition coefficient (Wildman–Crippen LogP) is 0.703. The van der Waals surface area contributed by atoms with E-state index in [-0.39, 0.29) is 5.91 Å². The van der Waals surface area contributed by atoms with Gasteiger partial charge in [-0.2, -0.15) is 0 Å². The summed E-state index contributed by atoms with van der Waals surface area (Å²) in [7, 11) is 0. The van der Waals surface area contributed by atoms with Crippen LogP contribution in [0.5, 0.6) is 0 Å². The maximum atomic E-state index is 11.7. The number of carbonyl (C=O) groups excluding carboxylic acids is 1. The van der Waals surface area contributed by atoms with Gasteiger partial charge in [-0.25, -0.2) is 0 Å². The van der Waals surface area contributed by atoms with Gasteiger partial charge in [0.1, 0.15) is 5.76 Å². The van der Waals surface area contributed by atoms with E-state index < -0.39 is 0 Å². The maximum Gasteiger partial charge on any atom is 0.291 e. The van der Waals surface area contributed by atoms with Crippen LogP contribution in [0.2, 0.25) is 0 Å². The summed E-state index contributed by atoms with van der Waals surface area (Å²) in [5.74, 6) is 1.18. The van der Waals surface area contributed by atoms with E-state index in [9.17, 15) is 4.79 Å². The number of carbonyl (C=O) groups is 1. The van der Waals surface area contributed by atoms with Gasteiger partial charge in [0, 0.05) is 19.2 Å². The molecule has 0 radical (unpaired) electrons. The van der Waals surface area contributed by atoms with Crippen molar-refractivity contribution in [2.24, 2.45) is 4.99 Å². The summed E-state index contributed by atoms with van der Waals surface area (Å²) in [6.45, 7) is 3.24. The summed E-state index contributed by atoms with van der Waals surface area (Å²) in [5, 5.41) is 9.30. The normalized spacial score (nSPS) is 15.9. The maximum absolute atomic E-state index is 11.7. The number of amidine groups is 1. The Morgan fingerprint density at radius 3 is 3.19 bits per heavy atom. The Kier molecular flexibility index (Phi) is 3.19. The van der Waals surface area contributed by atoms with Gasteiger partial charge >= 0.3 is 0 Å². The zero-order valence-electron chi connectivity index (χ0n) is 9.12. The first-order valence-corrected chi connectivity index (χ1v) is 5.29. The molecule has 1 aliphatic rings. The Balaban J connectivity index is 1.99. The van der Waals surface area contributed by atoms with Crippen LogP contribution in [0.4, 0.5) is 5.82 Å². The fourth-order valence-electron chi connectivity index (χ4n) is 1.44. The lowest BCUT2D eigenvalue weighted by molar-refractivity contribution is -0.110. The second-order valence-corrected chi connectivity index (χ2v) is 3.64. The fraction of sp³-hybridized carbons (Fsp3) is 0.500. The Labute approximate surface area is 93.1 Å². The monoisotopic (exact) mass is 222 g/mol. The van der Waals surface area contributed by atoms with Crippen LogP contribution in [0.3, 0.4) is 0 Å². The molecule has 0 fully saturated rings. The molecule has 0 aliphatic carbocycles. The average Bonchev–Trinajstić information content (AvgIpc) is 2.56. The third-order valence-electron chi connectivity index (χ3n) is 2.23. The van der Waals surface area contributed by atoms with Gasteiger partial charge in [-0.3, -0.25) is 9.79 Å². The molecule has 86 valence electrons. The van der Waals surface area contributed by atoms with Gasteiger partial charge in [0.15, 0.2) is 11.7 Å². The largest absolute Gasteiger partial charge is 0.366 e. The number of amides is 1. The lowest BCUT2D eigenvalue weighted by atomic mass is 10.3. The Morgan fingerprint density at radius 1 is 1.56 bits per heavy atom. The zero-order valence-corrected chi connectivity index (χ0v) is 9.12. The van der Waals surface area contributed by atoms with Crippen LogP contribution in [0.1, 0.15) is 18.6 Å². The smallest absolute Gasteiger partial charge is 0.291 e. The third kappa shape index (κ3) is 2.59. The molecule has 1 aromatic rings. The van der Waals surface area contributed by atoms with Crippen LogP contribution in [0.15, 0.2) is 15.6 Å². The molecule has 0 saturated carbocycles. The quantitative estimate of drug-likeness (QED) is 0.772. The van der Waals surface area contributed by atoms with Gasteiger partial charge < -0.3 is 15.2 Å². The second kappa shape index (κ2) is 4.78. The van der Waals surface area contributed by atoms with E-state index in [2.05, 4.69) is 20.8 Å². The molecule has 2 rings (SSSR count). The predicted molar refractivity (Wildman–Crippen MR) is 59.4 cm³/mol. The minimum atomic E-state index is -0.268. The number of hydrogen-bond donors (Lipinski definition) is 2. The molecule has 2 heterocycles. The number of aryl methyl sites for hydroxylation is 1. The van der Waals surface area contributed by atoms with E-state index in [1.807, 2.05) is 0 Å². The van der Waals surface area contributed by atoms with Gasteiger partial charge in [-0.1, -0.05) is 5.16 Å². The fourth-order valence-corrected chi connectivity index (χ4v) is 1.44. The van der Waals surface area contributed by atoms with Crippen LogP contribution < -0.4 is 10.6 Å². The summed E-state index contributed by atoms with van der Waals surface area (Å²) < 4.78 is 4.85. The van der Waals surface area contributed by atoms with Crippen molar-refractivity contribution < 1.29 is 9.32 Å². The van der Waals surface area contributed by atoms with Crippen LogP contribution in [-0.4, -0.2) is 30.0 Å². The number of aromatic nitrogens is 1. The minimum absolute atomic E-state index is 0.268. The second-order valence-electron chi connectivity index (χ2n) is 3.64. The van der Waals surface area contributed by atoms with Crippen molar-refractivity contribution in [3.8, 4) is 0 Å². The van der Waals surface area contributed by atoms with Crippen molar-refractivity contribution >= 4 is 17.6 Å². The molecule has 0 unspecified atom stereocenters. The van der Waals surface area contributed by atoms with Crippen LogP contribution in [0.25, 0.3) is 0 Å². The third-order valence-corrected chi connectivity index (χ3v) is 2.23. The lowest BCUT2D eigenvalue weighted by Gasteiger charge is -2.05. The molecule has 0 atom stereocenters. The minimum Gasteiger partial charge on any atom is -0.366 e. The van der Waals surface area contributed by atoms with E-state index in [1.54, 1.807) is 13.0 Å². The lowest BCUT2D eigenvalue weighted by Crippen LogP contribution is -2.35. The highest BCUT2D eigenvalue weighted by Gasteiger charge is 2.14. The van der Waals surface area contributed by atoms with Gasteiger partial charge in [0.2, 0.25) is 0 Å². The van der Waals surface area contributed by atoms with Gasteiger partial charge in [-0.15, -0.1) is 0 Å². The van der Waals surface area contributed by atoms with Crippen LogP contribution >= 0.6 is 0 Å². The van der Waals surface area contributed by atoms with Gasteiger partial charge in [0.25, 0.3) is 5.91 Å². The average molecular weight is 222 g/mol. The molecular formula is C10H14N4O2. The molecule has 0 saturated heterocycles. The van der Waals surface area contributed by atoms with Crippen molar-refractivity contribution in [1.82, 2.24) is 10.5 Å². The molecule has 6 nitrogen and oxygen atoms in total.